The molecule has 0 saturated carbocycles. The Hall–Kier alpha value is -4.01. The number of hydrogen-bond acceptors (Lipinski definition) is 7. The molecule has 9 heteroatoms. The third-order valence-corrected chi connectivity index (χ3v) is 5.80. The summed E-state index contributed by atoms with van der Waals surface area (Å²) in [6, 6.07) is 17.1. The maximum atomic E-state index is 12.7. The number of carbonyl (C=O) groups excluding carboxylic acids is 1. The zero-order chi connectivity index (χ0) is 23.3. The number of aromatic nitrogens is 2. The highest BCUT2D eigenvalue weighted by Crippen LogP contribution is 2.32. The Kier molecular flexibility index (Phi) is 6.33. The molecule has 1 aromatic heterocycles. The van der Waals surface area contributed by atoms with E-state index in [2.05, 4.69) is 20.4 Å². The second-order valence-electron chi connectivity index (χ2n) is 8.00. The number of ether oxygens (including phenoxy) is 3. The molecule has 176 valence electrons. The highest BCUT2D eigenvalue weighted by molar-refractivity contribution is 5.90. The highest BCUT2D eigenvalue weighted by Gasteiger charge is 2.23. The van der Waals surface area contributed by atoms with Crippen LogP contribution in [0.2, 0.25) is 0 Å². The number of piperazine rings is 1. The molecule has 1 N–H and O–H groups in total. The normalized spacial score (nSPS) is 15.1. The van der Waals surface area contributed by atoms with Gasteiger partial charge in [0.2, 0.25) is 0 Å². The van der Waals surface area contributed by atoms with Crippen molar-refractivity contribution in [3.63, 3.8) is 0 Å². The first-order valence-electron chi connectivity index (χ1n) is 11.5. The fraction of sp³-hybridized carbons (Fsp3) is 0.320. The molecule has 2 aliphatic rings. The fourth-order valence-electron chi connectivity index (χ4n) is 4.00. The minimum absolute atomic E-state index is 0.131. The predicted molar refractivity (Wildman–Crippen MR) is 129 cm³/mol. The molecule has 0 bridgehead atoms. The van der Waals surface area contributed by atoms with Crippen molar-refractivity contribution in [3.05, 3.63) is 54.6 Å². The summed E-state index contributed by atoms with van der Waals surface area (Å²) in [5, 5.41) is 11.8. The van der Waals surface area contributed by atoms with Gasteiger partial charge >= 0.3 is 6.03 Å². The van der Waals surface area contributed by atoms with E-state index in [1.54, 1.807) is 11.0 Å². The van der Waals surface area contributed by atoms with E-state index in [4.69, 9.17) is 14.2 Å². The first-order valence-corrected chi connectivity index (χ1v) is 11.5. The van der Waals surface area contributed by atoms with Crippen molar-refractivity contribution in [2.24, 2.45) is 0 Å². The molecule has 1 saturated heterocycles. The molecule has 0 atom stereocenters. The summed E-state index contributed by atoms with van der Waals surface area (Å²) in [5.41, 5.74) is 2.49. The molecule has 2 aromatic carbocycles. The number of rotatable bonds is 5. The molecule has 2 amide bonds. The van der Waals surface area contributed by atoms with E-state index in [1.807, 2.05) is 55.5 Å². The Labute approximate surface area is 198 Å². The molecule has 5 rings (SSSR count). The number of fused-ring (bicyclic) bond motifs is 1. The van der Waals surface area contributed by atoms with Crippen LogP contribution in [-0.4, -0.2) is 67.1 Å². The van der Waals surface area contributed by atoms with Gasteiger partial charge < -0.3 is 29.3 Å². The largest absolute Gasteiger partial charge is 0.494 e. The molecule has 0 radical (unpaired) electrons. The topological polar surface area (TPSA) is 89.1 Å². The number of amides is 2. The summed E-state index contributed by atoms with van der Waals surface area (Å²) in [5.74, 6) is 3.00. The Balaban J connectivity index is 1.15. The highest BCUT2D eigenvalue weighted by atomic mass is 16.6. The van der Waals surface area contributed by atoms with Crippen molar-refractivity contribution in [2.45, 2.75) is 6.92 Å². The minimum atomic E-state index is -0.131. The van der Waals surface area contributed by atoms with Crippen LogP contribution in [0.1, 0.15) is 6.92 Å². The standard InChI is InChI=1S/C25H27N5O4/c1-2-32-20-6-3-18(4-7-20)21-8-10-24(28-27-21)29-11-13-30(14-12-29)25(31)26-19-5-9-22-23(17-19)34-16-15-33-22/h3-10,17H,2,11-16H2,1H3,(H,26,31). The number of nitrogens with one attached hydrogen (secondary N) is 1. The Morgan fingerprint density at radius 3 is 2.41 bits per heavy atom. The number of urea groups is 1. The van der Waals surface area contributed by atoms with Crippen LogP contribution in [-0.2, 0) is 0 Å². The van der Waals surface area contributed by atoms with E-state index >= 15 is 0 Å². The van der Waals surface area contributed by atoms with Gasteiger partial charge in [0, 0.05) is 43.5 Å². The Bertz CT molecular complexity index is 1130. The van der Waals surface area contributed by atoms with Crippen LogP contribution in [0, 0.1) is 0 Å². The van der Waals surface area contributed by atoms with Crippen molar-refractivity contribution >= 4 is 17.5 Å². The van der Waals surface area contributed by atoms with Crippen molar-refractivity contribution in [3.8, 4) is 28.5 Å². The average molecular weight is 462 g/mol. The summed E-state index contributed by atoms with van der Waals surface area (Å²) < 4.78 is 16.6. The van der Waals surface area contributed by atoms with Gasteiger partial charge in [0.15, 0.2) is 17.3 Å². The first-order chi connectivity index (χ1) is 16.7. The smallest absolute Gasteiger partial charge is 0.321 e. The summed E-state index contributed by atoms with van der Waals surface area (Å²) in [4.78, 5) is 16.7. The maximum Gasteiger partial charge on any atom is 0.321 e. The molecule has 3 aromatic rings. The van der Waals surface area contributed by atoms with Crippen LogP contribution < -0.4 is 24.4 Å². The van der Waals surface area contributed by atoms with Crippen LogP contribution in [0.4, 0.5) is 16.3 Å². The molecule has 0 aliphatic carbocycles. The Morgan fingerprint density at radius 2 is 1.71 bits per heavy atom. The lowest BCUT2D eigenvalue weighted by molar-refractivity contribution is 0.171. The van der Waals surface area contributed by atoms with E-state index in [-0.39, 0.29) is 6.03 Å². The van der Waals surface area contributed by atoms with Crippen molar-refractivity contribution in [2.75, 3.05) is 56.2 Å². The van der Waals surface area contributed by atoms with Gasteiger partial charge in [-0.1, -0.05) is 0 Å². The predicted octanol–water partition coefficient (Wildman–Crippen LogP) is 3.67. The Morgan fingerprint density at radius 1 is 0.941 bits per heavy atom. The van der Waals surface area contributed by atoms with Crippen LogP contribution in [0.15, 0.2) is 54.6 Å². The van der Waals surface area contributed by atoms with Gasteiger partial charge in [-0.25, -0.2) is 4.79 Å². The van der Waals surface area contributed by atoms with Crippen LogP contribution in [0.5, 0.6) is 17.2 Å². The van der Waals surface area contributed by atoms with Crippen molar-refractivity contribution in [1.82, 2.24) is 15.1 Å². The van der Waals surface area contributed by atoms with Crippen LogP contribution in [0.25, 0.3) is 11.3 Å². The van der Waals surface area contributed by atoms with E-state index in [0.29, 0.717) is 63.2 Å². The van der Waals surface area contributed by atoms with E-state index in [1.165, 1.54) is 0 Å². The molecule has 2 aliphatic heterocycles. The lowest BCUT2D eigenvalue weighted by atomic mass is 10.1. The summed E-state index contributed by atoms with van der Waals surface area (Å²) in [6.07, 6.45) is 0. The number of hydrogen-bond donors (Lipinski definition) is 1. The fourth-order valence-corrected chi connectivity index (χ4v) is 4.00. The van der Waals surface area contributed by atoms with Crippen molar-refractivity contribution < 1.29 is 19.0 Å². The second kappa shape index (κ2) is 9.86. The van der Waals surface area contributed by atoms with Crippen molar-refractivity contribution in [1.29, 1.82) is 0 Å². The molecule has 1 fully saturated rings. The van der Waals surface area contributed by atoms with Gasteiger partial charge in [-0.2, -0.15) is 0 Å². The second-order valence-corrected chi connectivity index (χ2v) is 8.00. The first kappa shape index (κ1) is 21.8. The summed E-state index contributed by atoms with van der Waals surface area (Å²) in [7, 11) is 0. The molecule has 3 heterocycles. The molecule has 9 nitrogen and oxygen atoms in total. The van der Waals surface area contributed by atoms with E-state index < -0.39 is 0 Å². The van der Waals surface area contributed by atoms with Crippen LogP contribution in [0.3, 0.4) is 0 Å². The third-order valence-electron chi connectivity index (χ3n) is 5.80. The quantitative estimate of drug-likeness (QED) is 0.620. The molecule has 0 spiro atoms. The van der Waals surface area contributed by atoms with Gasteiger partial charge in [0.05, 0.1) is 12.3 Å². The molecular weight excluding hydrogens is 434 g/mol. The minimum Gasteiger partial charge on any atom is -0.494 e. The molecule has 0 unspecified atom stereocenters. The monoisotopic (exact) mass is 461 g/mol. The number of anilines is 2. The SMILES string of the molecule is CCOc1ccc(-c2ccc(N3CCN(C(=O)Nc4ccc5c(c4)OCCO5)CC3)nn2)cc1. The number of benzene rings is 2. The zero-order valence-corrected chi connectivity index (χ0v) is 19.1. The lowest BCUT2D eigenvalue weighted by Crippen LogP contribution is -2.50. The summed E-state index contributed by atoms with van der Waals surface area (Å²) >= 11 is 0. The summed E-state index contributed by atoms with van der Waals surface area (Å²) in [6.45, 7) is 6.22. The average Bonchev–Trinajstić information content (AvgIpc) is 2.89. The van der Waals surface area contributed by atoms with Gasteiger partial charge in [-0.3, -0.25) is 0 Å². The van der Waals surface area contributed by atoms with Crippen LogP contribution >= 0.6 is 0 Å². The lowest BCUT2D eigenvalue weighted by Gasteiger charge is -2.35. The zero-order valence-electron chi connectivity index (χ0n) is 19.1. The number of nitrogens with zero attached hydrogens (tertiary/aromatic N) is 4. The van der Waals surface area contributed by atoms with Gasteiger partial charge in [-0.15, -0.1) is 10.2 Å². The van der Waals surface area contributed by atoms with E-state index in [9.17, 15) is 4.79 Å². The van der Waals surface area contributed by atoms with Gasteiger partial charge in [0.25, 0.3) is 0 Å². The van der Waals surface area contributed by atoms with Gasteiger partial charge in [0.1, 0.15) is 19.0 Å². The maximum absolute atomic E-state index is 12.7. The number of carbonyl (C=O) groups is 1. The van der Waals surface area contributed by atoms with E-state index in [0.717, 1.165) is 22.8 Å². The molecular formula is C25H27N5O4. The third kappa shape index (κ3) is 4.83. The molecule has 34 heavy (non-hydrogen) atoms. The van der Waals surface area contributed by atoms with Gasteiger partial charge in [-0.05, 0) is 55.5 Å².